The van der Waals surface area contributed by atoms with Gasteiger partial charge in [0.15, 0.2) is 12.2 Å². The summed E-state index contributed by atoms with van der Waals surface area (Å²) >= 11 is 13.0. The van der Waals surface area contributed by atoms with Crippen LogP contribution in [0.25, 0.3) is 22.3 Å². The standard InChI is InChI=1S/C44H48Cl2O9/c1-6-8-9-10-11-24-51-39-22-20-35(25-37(39)45)31-14-18-34(19-15-31)44(50)55-40-23-21-36(26-38(40)46)32-12-16-33(17-13-32)43(49)54-30(5)42(48)53-29(4)41(47)52-27-28(3)7-2/h12-23,25-26,28-30H,6-11,24,27H2,1-5H3. The summed E-state index contributed by atoms with van der Waals surface area (Å²) in [7, 11) is 0. The van der Waals surface area contributed by atoms with E-state index >= 15 is 0 Å². The van der Waals surface area contributed by atoms with Crippen LogP contribution in [-0.2, 0) is 23.8 Å². The molecular formula is C44H48Cl2O9. The molecular weight excluding hydrogens is 743 g/mol. The number of carbonyl (C=O) groups excluding carboxylic acids is 4. The van der Waals surface area contributed by atoms with Gasteiger partial charge in [0.25, 0.3) is 0 Å². The molecule has 9 nitrogen and oxygen atoms in total. The van der Waals surface area contributed by atoms with Gasteiger partial charge in [0.05, 0.1) is 34.4 Å². The van der Waals surface area contributed by atoms with E-state index in [2.05, 4.69) is 6.92 Å². The average molecular weight is 792 g/mol. The number of esters is 4. The van der Waals surface area contributed by atoms with E-state index in [-0.39, 0.29) is 28.9 Å². The predicted octanol–water partition coefficient (Wildman–Crippen LogP) is 11.0. The third-order valence-electron chi connectivity index (χ3n) is 8.93. The van der Waals surface area contributed by atoms with E-state index in [1.807, 2.05) is 44.2 Å². The van der Waals surface area contributed by atoms with Crippen LogP contribution < -0.4 is 9.47 Å². The number of rotatable bonds is 19. The van der Waals surface area contributed by atoms with Gasteiger partial charge in [-0.15, -0.1) is 0 Å². The molecule has 3 atom stereocenters. The smallest absolute Gasteiger partial charge is 0.348 e. The highest BCUT2D eigenvalue weighted by atomic mass is 35.5. The summed E-state index contributed by atoms with van der Waals surface area (Å²) in [5.41, 5.74) is 3.75. The third kappa shape index (κ3) is 12.9. The zero-order valence-electron chi connectivity index (χ0n) is 31.9. The fraction of sp³-hybridized carbons (Fsp3) is 0.364. The van der Waals surface area contributed by atoms with Crippen LogP contribution in [-0.4, -0.2) is 49.3 Å². The lowest BCUT2D eigenvalue weighted by Gasteiger charge is -2.17. The van der Waals surface area contributed by atoms with E-state index in [0.29, 0.717) is 28.5 Å². The molecule has 0 spiro atoms. The van der Waals surface area contributed by atoms with Crippen molar-refractivity contribution in [2.45, 2.75) is 85.4 Å². The first-order chi connectivity index (χ1) is 26.4. The van der Waals surface area contributed by atoms with Crippen molar-refractivity contribution in [1.82, 2.24) is 0 Å². The molecule has 0 radical (unpaired) electrons. The lowest BCUT2D eigenvalue weighted by atomic mass is 10.0. The highest BCUT2D eigenvalue weighted by molar-refractivity contribution is 6.32. The lowest BCUT2D eigenvalue weighted by Crippen LogP contribution is -2.33. The summed E-state index contributed by atoms with van der Waals surface area (Å²) in [4.78, 5) is 50.3. The molecule has 0 saturated heterocycles. The van der Waals surface area contributed by atoms with Gasteiger partial charge < -0.3 is 23.7 Å². The van der Waals surface area contributed by atoms with Crippen LogP contribution in [0.5, 0.6) is 11.5 Å². The van der Waals surface area contributed by atoms with Crippen molar-refractivity contribution < 1.29 is 42.9 Å². The number of hydrogen-bond donors (Lipinski definition) is 0. The van der Waals surface area contributed by atoms with Gasteiger partial charge in [-0.25, -0.2) is 19.2 Å². The summed E-state index contributed by atoms with van der Waals surface area (Å²) in [5.74, 6) is -1.83. The normalized spacial score (nSPS) is 12.6. The Morgan fingerprint density at radius 2 is 1.09 bits per heavy atom. The zero-order chi connectivity index (χ0) is 39.9. The van der Waals surface area contributed by atoms with Crippen molar-refractivity contribution in [3.63, 3.8) is 0 Å². The Morgan fingerprint density at radius 1 is 0.582 bits per heavy atom. The van der Waals surface area contributed by atoms with Gasteiger partial charge in [0.1, 0.15) is 11.5 Å². The minimum absolute atomic E-state index is 0.182. The minimum atomic E-state index is -1.25. The number of unbranched alkanes of at least 4 members (excludes halogenated alkanes) is 4. The van der Waals surface area contributed by atoms with Crippen molar-refractivity contribution in [3.8, 4) is 33.8 Å². The fourth-order valence-electron chi connectivity index (χ4n) is 5.26. The Bertz CT molecular complexity index is 1910. The lowest BCUT2D eigenvalue weighted by molar-refractivity contribution is -0.172. The predicted molar refractivity (Wildman–Crippen MR) is 214 cm³/mol. The Kier molecular flexibility index (Phi) is 16.6. The molecule has 4 aromatic rings. The maximum Gasteiger partial charge on any atom is 0.348 e. The first-order valence-electron chi connectivity index (χ1n) is 18.6. The molecule has 11 heteroatoms. The Hall–Kier alpha value is -4.86. The molecule has 0 amide bonds. The second-order valence-corrected chi connectivity index (χ2v) is 14.2. The maximum atomic E-state index is 13.0. The van der Waals surface area contributed by atoms with Gasteiger partial charge in [-0.05, 0) is 97.0 Å². The molecule has 0 N–H and O–H groups in total. The van der Waals surface area contributed by atoms with E-state index in [4.69, 9.17) is 46.9 Å². The van der Waals surface area contributed by atoms with Gasteiger partial charge in [-0.2, -0.15) is 0 Å². The summed E-state index contributed by atoms with van der Waals surface area (Å²) in [6.07, 6.45) is 4.22. The van der Waals surface area contributed by atoms with Crippen molar-refractivity contribution in [2.24, 2.45) is 5.92 Å². The molecule has 0 aromatic heterocycles. The molecule has 0 fully saturated rings. The maximum absolute atomic E-state index is 13.0. The summed E-state index contributed by atoms with van der Waals surface area (Å²) in [6.45, 7) is 9.72. The average Bonchev–Trinajstić information content (AvgIpc) is 3.19. The molecule has 0 heterocycles. The van der Waals surface area contributed by atoms with Crippen molar-refractivity contribution in [1.29, 1.82) is 0 Å². The number of hydrogen-bond acceptors (Lipinski definition) is 9. The molecule has 4 aromatic carbocycles. The van der Waals surface area contributed by atoms with Gasteiger partial charge >= 0.3 is 23.9 Å². The van der Waals surface area contributed by atoms with Crippen LogP contribution in [0.3, 0.4) is 0 Å². The largest absolute Gasteiger partial charge is 0.492 e. The van der Waals surface area contributed by atoms with Gasteiger partial charge in [0.2, 0.25) is 0 Å². The van der Waals surface area contributed by atoms with Crippen molar-refractivity contribution in [3.05, 3.63) is 106 Å². The Morgan fingerprint density at radius 3 is 1.64 bits per heavy atom. The van der Waals surface area contributed by atoms with E-state index in [0.717, 1.165) is 36.0 Å². The SMILES string of the molecule is CCCCCCCOc1ccc(-c2ccc(C(=O)Oc3ccc(-c4ccc(C(=O)OC(C)C(=O)OC(C)C(=O)OCC(C)CC)cc4)cc3Cl)cc2)cc1Cl. The quantitative estimate of drug-likeness (QED) is 0.0396. The topological polar surface area (TPSA) is 114 Å². The van der Waals surface area contributed by atoms with Crippen molar-refractivity contribution >= 4 is 47.1 Å². The zero-order valence-corrected chi connectivity index (χ0v) is 33.4. The number of ether oxygens (including phenoxy) is 5. The monoisotopic (exact) mass is 790 g/mol. The third-order valence-corrected chi connectivity index (χ3v) is 9.52. The van der Waals surface area contributed by atoms with Gasteiger partial charge in [-0.3, -0.25) is 0 Å². The summed E-state index contributed by atoms with van der Waals surface area (Å²) in [6, 6.07) is 24.1. The van der Waals surface area contributed by atoms with Crippen LogP contribution in [0, 0.1) is 5.92 Å². The van der Waals surface area contributed by atoms with E-state index in [9.17, 15) is 19.2 Å². The highest BCUT2D eigenvalue weighted by Gasteiger charge is 2.26. The molecule has 0 aliphatic rings. The van der Waals surface area contributed by atoms with E-state index in [1.54, 1.807) is 54.6 Å². The van der Waals surface area contributed by atoms with Crippen LogP contribution in [0.4, 0.5) is 0 Å². The van der Waals surface area contributed by atoms with Crippen molar-refractivity contribution in [2.75, 3.05) is 13.2 Å². The molecule has 0 aliphatic carbocycles. The molecule has 292 valence electrons. The van der Waals surface area contributed by atoms with Crippen LogP contribution >= 0.6 is 23.2 Å². The Balaban J connectivity index is 1.29. The van der Waals surface area contributed by atoms with Gasteiger partial charge in [0, 0.05) is 0 Å². The molecule has 0 saturated carbocycles. The molecule has 3 unspecified atom stereocenters. The number of carbonyl (C=O) groups is 4. The number of halogens is 2. The first kappa shape index (κ1) is 42.9. The Labute approximate surface area is 333 Å². The molecule has 0 bridgehead atoms. The van der Waals surface area contributed by atoms with Crippen LogP contribution in [0.15, 0.2) is 84.9 Å². The van der Waals surface area contributed by atoms with Gasteiger partial charge in [-0.1, -0.05) is 112 Å². The first-order valence-corrected chi connectivity index (χ1v) is 19.4. The molecule has 0 aliphatic heterocycles. The second kappa shape index (κ2) is 21.3. The van der Waals surface area contributed by atoms with Crippen LogP contribution in [0.2, 0.25) is 10.0 Å². The number of benzene rings is 4. The van der Waals surface area contributed by atoms with E-state index in [1.165, 1.54) is 33.1 Å². The molecule has 55 heavy (non-hydrogen) atoms. The van der Waals surface area contributed by atoms with E-state index < -0.39 is 36.1 Å². The molecule has 4 rings (SSSR count). The van der Waals surface area contributed by atoms with Crippen LogP contribution in [0.1, 0.15) is 93.9 Å². The summed E-state index contributed by atoms with van der Waals surface area (Å²) < 4.78 is 27.0. The minimum Gasteiger partial charge on any atom is -0.492 e. The highest BCUT2D eigenvalue weighted by Crippen LogP contribution is 2.33. The fourth-order valence-corrected chi connectivity index (χ4v) is 5.71. The second-order valence-electron chi connectivity index (χ2n) is 13.4. The summed E-state index contributed by atoms with van der Waals surface area (Å²) in [5, 5.41) is 0.744.